The molecule has 0 N–H and O–H groups in total. The van der Waals surface area contributed by atoms with Crippen LogP contribution in [0.15, 0.2) is 21.5 Å². The van der Waals surface area contributed by atoms with Crippen LogP contribution in [-0.4, -0.2) is 34.4 Å². The molecule has 0 aromatic carbocycles. The van der Waals surface area contributed by atoms with E-state index < -0.39 is 38.3 Å². The molecule has 0 radical (unpaired) electrons. The quantitative estimate of drug-likeness (QED) is 0.322. The van der Waals surface area contributed by atoms with Crippen LogP contribution < -0.4 is 0 Å². The minimum absolute atomic E-state index is 0.308. The van der Waals surface area contributed by atoms with E-state index in [1.54, 1.807) is 0 Å². The Hall–Kier alpha value is 0.260. The Balaban J connectivity index is 2.28. The van der Waals surface area contributed by atoms with Gasteiger partial charge >= 0.3 is 17.4 Å². The first kappa shape index (κ1) is 20.6. The van der Waals surface area contributed by atoms with E-state index >= 15 is 0 Å². The second kappa shape index (κ2) is 6.77. The Kier molecular flexibility index (Phi) is 5.80. The van der Waals surface area contributed by atoms with E-state index in [2.05, 4.69) is 31.9 Å². The van der Waals surface area contributed by atoms with Crippen molar-refractivity contribution in [3.63, 3.8) is 0 Å². The van der Waals surface area contributed by atoms with Crippen LogP contribution in [0.3, 0.4) is 0 Å². The van der Waals surface area contributed by atoms with Crippen molar-refractivity contribution in [1.29, 1.82) is 0 Å². The second-order valence-corrected chi connectivity index (χ2v) is 9.12. The Morgan fingerprint density at radius 2 is 1.79 bits per heavy atom. The Morgan fingerprint density at radius 3 is 2.29 bits per heavy atom. The summed E-state index contributed by atoms with van der Waals surface area (Å²) in [6.45, 7) is 0.470. The smallest absolute Gasteiger partial charge is 0.376 e. The summed E-state index contributed by atoms with van der Waals surface area (Å²) in [5.41, 5.74) is 0. The van der Waals surface area contributed by atoms with E-state index in [0.29, 0.717) is 23.9 Å². The van der Waals surface area contributed by atoms with Crippen molar-refractivity contribution >= 4 is 43.6 Å². The van der Waals surface area contributed by atoms with E-state index in [1.165, 1.54) is 6.08 Å². The van der Waals surface area contributed by atoms with Crippen LogP contribution in [0.5, 0.6) is 0 Å². The maximum Gasteiger partial charge on any atom is 0.460 e. The third-order valence-electron chi connectivity index (χ3n) is 3.55. The molecule has 24 heavy (non-hydrogen) atoms. The molecule has 0 saturated carbocycles. The molecule has 1 saturated heterocycles. The van der Waals surface area contributed by atoms with Gasteiger partial charge in [0, 0.05) is 17.9 Å². The molecule has 0 spiro atoms. The third-order valence-corrected chi connectivity index (χ3v) is 6.07. The Labute approximate surface area is 154 Å². The largest absolute Gasteiger partial charge is 0.460 e. The van der Waals surface area contributed by atoms with Crippen molar-refractivity contribution in [2.24, 2.45) is 0 Å². The highest BCUT2D eigenvalue weighted by atomic mass is 79.9. The molecule has 2 aliphatic rings. The Bertz CT molecular complexity index is 555. The molecule has 1 aliphatic heterocycles. The van der Waals surface area contributed by atoms with Gasteiger partial charge in [0.15, 0.2) is 0 Å². The molecule has 2 rings (SSSR count). The first-order chi connectivity index (χ1) is 10.8. The number of hydrogen-bond acceptors (Lipinski definition) is 2. The minimum atomic E-state index is -6.35. The zero-order valence-electron chi connectivity index (χ0n) is 11.8. The van der Waals surface area contributed by atoms with E-state index in [0.717, 1.165) is 12.5 Å². The SMILES string of the molecule is FC(F)(F)C(F)(F)C(F)(F)SC1=CC(Br)(C2CCCO2)CC(Br)=C1. The first-order valence-electron chi connectivity index (χ1n) is 6.69. The fourth-order valence-corrected chi connectivity index (χ4v) is 5.70. The lowest BCUT2D eigenvalue weighted by molar-refractivity contribution is -0.330. The zero-order chi connectivity index (χ0) is 18.4. The molecule has 2 unspecified atom stereocenters. The predicted molar refractivity (Wildman–Crippen MR) is 83.9 cm³/mol. The fourth-order valence-electron chi connectivity index (χ4n) is 2.39. The molecule has 1 heterocycles. The lowest BCUT2D eigenvalue weighted by atomic mass is 9.92. The monoisotopic (exact) mass is 506 g/mol. The number of thioether (sulfide) groups is 1. The van der Waals surface area contributed by atoms with E-state index in [-0.39, 0.29) is 6.10 Å². The van der Waals surface area contributed by atoms with Crippen LogP contribution in [-0.2, 0) is 4.74 Å². The van der Waals surface area contributed by atoms with Crippen LogP contribution in [0.4, 0.5) is 30.7 Å². The zero-order valence-corrected chi connectivity index (χ0v) is 15.8. The second-order valence-electron chi connectivity index (χ2n) is 5.43. The van der Waals surface area contributed by atoms with Gasteiger partial charge in [-0.2, -0.15) is 30.7 Å². The summed E-state index contributed by atoms with van der Waals surface area (Å²) < 4.78 is 95.0. The highest BCUT2D eigenvalue weighted by molar-refractivity contribution is 9.12. The normalized spacial score (nSPS) is 29.5. The van der Waals surface area contributed by atoms with Crippen molar-refractivity contribution in [1.82, 2.24) is 0 Å². The predicted octanol–water partition coefficient (Wildman–Crippen LogP) is 6.39. The third kappa shape index (κ3) is 3.98. The number of hydrogen-bond donors (Lipinski definition) is 0. The van der Waals surface area contributed by atoms with Gasteiger partial charge in [-0.05, 0) is 35.2 Å². The summed E-state index contributed by atoms with van der Waals surface area (Å²) in [6, 6.07) is 0. The molecule has 0 bridgehead atoms. The van der Waals surface area contributed by atoms with Crippen LogP contribution in [0, 0.1) is 0 Å². The average molecular weight is 508 g/mol. The molecule has 1 nitrogen and oxygen atoms in total. The standard InChI is InChI=1S/C13H11Br2F7OS/c14-7-4-8(6-10(15,5-7)9-2-1-3-23-9)24-13(21,22)11(16,17)12(18,19)20/h4,6,9H,1-3,5H2. The molecule has 0 amide bonds. The van der Waals surface area contributed by atoms with Gasteiger partial charge in [-0.1, -0.05) is 37.9 Å². The summed E-state index contributed by atoms with van der Waals surface area (Å²) in [5.74, 6) is -6.15. The summed E-state index contributed by atoms with van der Waals surface area (Å²) >= 11 is 5.66. The number of allylic oxidation sites excluding steroid dienone is 2. The first-order valence-corrected chi connectivity index (χ1v) is 9.09. The van der Waals surface area contributed by atoms with Crippen molar-refractivity contribution in [3.8, 4) is 0 Å². The number of ether oxygens (including phenoxy) is 1. The molecular weight excluding hydrogens is 497 g/mol. The van der Waals surface area contributed by atoms with E-state index in [9.17, 15) is 30.7 Å². The van der Waals surface area contributed by atoms with E-state index in [1.807, 2.05) is 0 Å². The fraction of sp³-hybridized carbons (Fsp3) is 0.692. The van der Waals surface area contributed by atoms with Gasteiger partial charge in [0.05, 0.1) is 10.4 Å². The number of rotatable bonds is 4. The lowest BCUT2D eigenvalue weighted by Crippen LogP contribution is -2.50. The highest BCUT2D eigenvalue weighted by Gasteiger charge is 2.73. The molecule has 1 fully saturated rings. The lowest BCUT2D eigenvalue weighted by Gasteiger charge is -2.34. The van der Waals surface area contributed by atoms with Gasteiger partial charge in [0.1, 0.15) is 0 Å². The van der Waals surface area contributed by atoms with Crippen LogP contribution in [0.1, 0.15) is 19.3 Å². The summed E-state index contributed by atoms with van der Waals surface area (Å²) in [7, 11) is 0. The van der Waals surface area contributed by atoms with Gasteiger partial charge in [-0.15, -0.1) is 0 Å². The van der Waals surface area contributed by atoms with Crippen LogP contribution >= 0.6 is 43.6 Å². The van der Waals surface area contributed by atoms with Crippen molar-refractivity contribution in [3.05, 3.63) is 21.5 Å². The van der Waals surface area contributed by atoms with Gasteiger partial charge in [0.2, 0.25) is 0 Å². The molecule has 0 aromatic rings. The average Bonchev–Trinajstić information content (AvgIpc) is 2.89. The molecular formula is C13H11Br2F7OS. The van der Waals surface area contributed by atoms with Gasteiger partial charge in [-0.25, -0.2) is 0 Å². The number of halogens is 9. The minimum Gasteiger partial charge on any atom is -0.376 e. The molecule has 138 valence electrons. The summed E-state index contributed by atoms with van der Waals surface area (Å²) in [4.78, 5) is -0.394. The van der Waals surface area contributed by atoms with Crippen molar-refractivity contribution < 1.29 is 35.5 Å². The van der Waals surface area contributed by atoms with Gasteiger partial charge in [-0.3, -0.25) is 0 Å². The maximum absolute atomic E-state index is 13.6. The molecule has 2 atom stereocenters. The summed E-state index contributed by atoms with van der Waals surface area (Å²) in [6.07, 6.45) is -2.72. The summed E-state index contributed by atoms with van der Waals surface area (Å²) in [5, 5.41) is -5.34. The van der Waals surface area contributed by atoms with Crippen LogP contribution in [0.2, 0.25) is 0 Å². The topological polar surface area (TPSA) is 9.23 Å². The maximum atomic E-state index is 13.6. The van der Waals surface area contributed by atoms with Gasteiger partial charge < -0.3 is 4.74 Å². The molecule has 0 aromatic heterocycles. The van der Waals surface area contributed by atoms with Crippen molar-refractivity contribution in [2.45, 2.75) is 47.0 Å². The van der Waals surface area contributed by atoms with E-state index in [4.69, 9.17) is 4.74 Å². The van der Waals surface area contributed by atoms with Crippen LogP contribution in [0.25, 0.3) is 0 Å². The Morgan fingerprint density at radius 1 is 1.17 bits per heavy atom. The number of alkyl halides is 8. The highest BCUT2D eigenvalue weighted by Crippen LogP contribution is 2.55. The molecule has 11 heteroatoms. The van der Waals surface area contributed by atoms with Gasteiger partial charge in [0.25, 0.3) is 0 Å². The van der Waals surface area contributed by atoms with Crippen molar-refractivity contribution in [2.75, 3.05) is 6.61 Å². The molecule has 1 aliphatic carbocycles.